The summed E-state index contributed by atoms with van der Waals surface area (Å²) >= 11 is 1.77. The predicted molar refractivity (Wildman–Crippen MR) is 74.3 cm³/mol. The van der Waals surface area contributed by atoms with Crippen molar-refractivity contribution in [1.82, 2.24) is 4.98 Å². The fourth-order valence-electron chi connectivity index (χ4n) is 1.80. The second-order valence-electron chi connectivity index (χ2n) is 4.34. The number of aliphatic hydroxyl groups excluding tert-OH is 1. The first-order valence-corrected chi connectivity index (χ1v) is 6.85. The summed E-state index contributed by atoms with van der Waals surface area (Å²) in [4.78, 5) is 4.13. The fourth-order valence-corrected chi connectivity index (χ4v) is 2.55. The van der Waals surface area contributed by atoms with Gasteiger partial charge in [0.15, 0.2) is 0 Å². The largest absolute Gasteiger partial charge is 0.388 e. The fraction of sp³-hybridized carbons (Fsp3) is 0.357. The summed E-state index contributed by atoms with van der Waals surface area (Å²) in [6.45, 7) is 4.28. The Bertz CT molecular complexity index is 493. The second-order valence-corrected chi connectivity index (χ2v) is 5.95. The molecular formula is C14H17NOS. The average molecular weight is 247 g/mol. The Morgan fingerprint density at radius 3 is 2.88 bits per heavy atom. The highest BCUT2D eigenvalue weighted by molar-refractivity contribution is 7.99. The molecule has 2 rings (SSSR count). The molecule has 0 aliphatic rings. The number of fused-ring (bicyclic) bond motifs is 1. The van der Waals surface area contributed by atoms with Crippen molar-refractivity contribution in [2.24, 2.45) is 0 Å². The molecule has 0 bridgehead atoms. The van der Waals surface area contributed by atoms with Crippen molar-refractivity contribution in [2.75, 3.05) is 5.75 Å². The molecule has 1 aromatic heterocycles. The van der Waals surface area contributed by atoms with E-state index in [-0.39, 0.29) is 0 Å². The van der Waals surface area contributed by atoms with Gasteiger partial charge < -0.3 is 5.11 Å². The van der Waals surface area contributed by atoms with Crippen LogP contribution in [0.3, 0.4) is 0 Å². The van der Waals surface area contributed by atoms with Crippen molar-refractivity contribution in [1.29, 1.82) is 0 Å². The molecule has 90 valence electrons. The van der Waals surface area contributed by atoms with Gasteiger partial charge in [-0.05, 0) is 22.3 Å². The van der Waals surface area contributed by atoms with Crippen LogP contribution in [0.4, 0.5) is 0 Å². The van der Waals surface area contributed by atoms with Crippen LogP contribution >= 0.6 is 11.8 Å². The summed E-state index contributed by atoms with van der Waals surface area (Å²) in [6.07, 6.45) is 3.19. The Hall–Kier alpha value is -1.06. The molecule has 0 amide bonds. The van der Waals surface area contributed by atoms with E-state index in [4.69, 9.17) is 0 Å². The number of pyridine rings is 1. The molecule has 0 radical (unpaired) electrons. The van der Waals surface area contributed by atoms with Crippen LogP contribution in [0.15, 0.2) is 36.7 Å². The van der Waals surface area contributed by atoms with E-state index in [1.54, 1.807) is 18.0 Å². The lowest BCUT2D eigenvalue weighted by Crippen LogP contribution is -2.04. The predicted octanol–water partition coefficient (Wildman–Crippen LogP) is 3.41. The van der Waals surface area contributed by atoms with E-state index in [2.05, 4.69) is 18.8 Å². The van der Waals surface area contributed by atoms with Gasteiger partial charge in [0.05, 0.1) is 6.10 Å². The summed E-state index contributed by atoms with van der Waals surface area (Å²) in [5.41, 5.74) is 0.976. The van der Waals surface area contributed by atoms with Crippen molar-refractivity contribution in [3.63, 3.8) is 0 Å². The first-order chi connectivity index (χ1) is 8.18. The van der Waals surface area contributed by atoms with Gasteiger partial charge in [-0.15, -0.1) is 0 Å². The Labute approximate surface area is 106 Å². The summed E-state index contributed by atoms with van der Waals surface area (Å²) in [5, 5.41) is 12.9. The molecule has 0 saturated carbocycles. The number of nitrogens with zero attached hydrogens (tertiary/aromatic N) is 1. The molecule has 1 N–H and O–H groups in total. The van der Waals surface area contributed by atoms with E-state index >= 15 is 0 Å². The molecule has 3 heteroatoms. The lowest BCUT2D eigenvalue weighted by Gasteiger charge is -2.14. The SMILES string of the molecule is CC(C)SCC(O)c1cccc2ccncc12. The zero-order valence-corrected chi connectivity index (χ0v) is 10.9. The number of aliphatic hydroxyl groups is 1. The van der Waals surface area contributed by atoms with E-state index in [9.17, 15) is 5.11 Å². The van der Waals surface area contributed by atoms with Gasteiger partial charge >= 0.3 is 0 Å². The standard InChI is InChI=1S/C14H17NOS/c1-10(2)17-9-14(16)12-5-3-4-11-6-7-15-8-13(11)12/h3-8,10,14,16H,9H2,1-2H3. The molecule has 0 saturated heterocycles. The number of hydrogen-bond donors (Lipinski definition) is 1. The van der Waals surface area contributed by atoms with Gasteiger partial charge in [-0.3, -0.25) is 4.98 Å². The Morgan fingerprint density at radius 1 is 1.29 bits per heavy atom. The highest BCUT2D eigenvalue weighted by atomic mass is 32.2. The van der Waals surface area contributed by atoms with Crippen LogP contribution < -0.4 is 0 Å². The van der Waals surface area contributed by atoms with Gasteiger partial charge in [0, 0.05) is 23.5 Å². The van der Waals surface area contributed by atoms with Crippen molar-refractivity contribution in [3.05, 3.63) is 42.2 Å². The van der Waals surface area contributed by atoms with Crippen LogP contribution in [-0.2, 0) is 0 Å². The van der Waals surface area contributed by atoms with E-state index in [1.165, 1.54) is 0 Å². The minimum atomic E-state index is -0.421. The summed E-state index contributed by atoms with van der Waals surface area (Å²) in [5.74, 6) is 0.728. The second kappa shape index (κ2) is 5.52. The zero-order valence-electron chi connectivity index (χ0n) is 10.1. The number of hydrogen-bond acceptors (Lipinski definition) is 3. The van der Waals surface area contributed by atoms with Crippen molar-refractivity contribution < 1.29 is 5.11 Å². The van der Waals surface area contributed by atoms with Gasteiger partial charge in [-0.1, -0.05) is 32.0 Å². The van der Waals surface area contributed by atoms with Crippen LogP contribution in [0.1, 0.15) is 25.5 Å². The van der Waals surface area contributed by atoms with Crippen LogP contribution in [0.2, 0.25) is 0 Å². The van der Waals surface area contributed by atoms with Crippen LogP contribution in [-0.4, -0.2) is 21.1 Å². The Morgan fingerprint density at radius 2 is 2.12 bits per heavy atom. The van der Waals surface area contributed by atoms with Crippen molar-refractivity contribution in [3.8, 4) is 0 Å². The molecule has 1 unspecified atom stereocenters. The molecule has 0 aliphatic heterocycles. The van der Waals surface area contributed by atoms with Gasteiger partial charge in [0.1, 0.15) is 0 Å². The average Bonchev–Trinajstić information content (AvgIpc) is 2.35. The van der Waals surface area contributed by atoms with Gasteiger partial charge in [-0.2, -0.15) is 11.8 Å². The van der Waals surface area contributed by atoms with Crippen LogP contribution in [0.5, 0.6) is 0 Å². The maximum Gasteiger partial charge on any atom is 0.0887 e. The summed E-state index contributed by atoms with van der Waals surface area (Å²) in [7, 11) is 0. The van der Waals surface area contributed by atoms with E-state index in [1.807, 2.05) is 30.5 Å². The summed E-state index contributed by atoms with van der Waals surface area (Å²) < 4.78 is 0. The molecule has 1 atom stereocenters. The molecule has 2 nitrogen and oxygen atoms in total. The number of rotatable bonds is 4. The molecule has 0 spiro atoms. The summed E-state index contributed by atoms with van der Waals surface area (Å²) in [6, 6.07) is 7.99. The van der Waals surface area contributed by atoms with E-state index < -0.39 is 6.10 Å². The van der Waals surface area contributed by atoms with Gasteiger partial charge in [0.2, 0.25) is 0 Å². The number of aromatic nitrogens is 1. The number of benzene rings is 1. The quantitative estimate of drug-likeness (QED) is 0.898. The van der Waals surface area contributed by atoms with E-state index in [0.29, 0.717) is 5.25 Å². The lowest BCUT2D eigenvalue weighted by atomic mass is 10.0. The maximum atomic E-state index is 10.2. The molecule has 1 aromatic carbocycles. The molecule has 17 heavy (non-hydrogen) atoms. The van der Waals surface area contributed by atoms with Crippen molar-refractivity contribution >= 4 is 22.5 Å². The zero-order chi connectivity index (χ0) is 12.3. The van der Waals surface area contributed by atoms with Crippen LogP contribution in [0.25, 0.3) is 10.8 Å². The monoisotopic (exact) mass is 247 g/mol. The van der Waals surface area contributed by atoms with Crippen molar-refractivity contribution in [2.45, 2.75) is 25.2 Å². The first-order valence-electron chi connectivity index (χ1n) is 5.81. The minimum absolute atomic E-state index is 0.421. The molecule has 2 aromatic rings. The normalized spacial score (nSPS) is 13.2. The number of thioether (sulfide) groups is 1. The minimum Gasteiger partial charge on any atom is -0.388 e. The first kappa shape index (κ1) is 12.4. The maximum absolute atomic E-state index is 10.2. The van der Waals surface area contributed by atoms with E-state index in [0.717, 1.165) is 22.1 Å². The van der Waals surface area contributed by atoms with Gasteiger partial charge in [-0.25, -0.2) is 0 Å². The highest BCUT2D eigenvalue weighted by Crippen LogP contribution is 2.27. The van der Waals surface area contributed by atoms with Gasteiger partial charge in [0.25, 0.3) is 0 Å². The third-order valence-corrected chi connectivity index (χ3v) is 3.84. The molecule has 0 aliphatic carbocycles. The smallest absolute Gasteiger partial charge is 0.0887 e. The lowest BCUT2D eigenvalue weighted by molar-refractivity contribution is 0.205. The highest BCUT2D eigenvalue weighted by Gasteiger charge is 2.11. The third kappa shape index (κ3) is 2.99. The van der Waals surface area contributed by atoms with Crippen LogP contribution in [0, 0.1) is 0 Å². The third-order valence-electron chi connectivity index (χ3n) is 2.66. The molecule has 1 heterocycles. The molecular weight excluding hydrogens is 230 g/mol. The topological polar surface area (TPSA) is 33.1 Å². The Kier molecular flexibility index (Phi) is 4.02. The molecule has 0 fully saturated rings. The Balaban J connectivity index is 2.28.